The van der Waals surface area contributed by atoms with Crippen LogP contribution in [0.1, 0.15) is 50.5 Å². The van der Waals surface area contributed by atoms with Crippen LogP contribution in [0.2, 0.25) is 0 Å². The number of pyridine rings is 2. The SMILES string of the molecule is N#Cc1cncc(N2CC3(CCN(c4ccc(OC5CCN(C6CCC6)CC5)nc4)CC3)OC2=O)c1. The first kappa shape index (κ1) is 23.0. The fourth-order valence-electron chi connectivity index (χ4n) is 5.80. The first-order valence-electron chi connectivity index (χ1n) is 13.1. The Morgan fingerprint density at radius 1 is 1.03 bits per heavy atom. The maximum absolute atomic E-state index is 12.6. The molecule has 9 heteroatoms. The minimum Gasteiger partial charge on any atom is -0.474 e. The van der Waals surface area contributed by atoms with E-state index in [4.69, 9.17) is 14.7 Å². The summed E-state index contributed by atoms with van der Waals surface area (Å²) in [6, 6.07) is 8.62. The molecule has 0 bridgehead atoms. The van der Waals surface area contributed by atoms with Crippen LogP contribution in [0.15, 0.2) is 36.8 Å². The lowest BCUT2D eigenvalue weighted by Gasteiger charge is -2.41. The average molecular weight is 489 g/mol. The van der Waals surface area contributed by atoms with Gasteiger partial charge in [0.05, 0.1) is 35.9 Å². The number of amides is 1. The second kappa shape index (κ2) is 9.58. The van der Waals surface area contributed by atoms with Gasteiger partial charge in [0.25, 0.3) is 0 Å². The summed E-state index contributed by atoms with van der Waals surface area (Å²) < 4.78 is 12.1. The molecule has 0 N–H and O–H groups in total. The molecule has 1 aliphatic carbocycles. The first-order chi connectivity index (χ1) is 17.6. The Balaban J connectivity index is 1.01. The number of carbonyl (C=O) groups excluding carboxylic acids is 1. The summed E-state index contributed by atoms with van der Waals surface area (Å²) in [6.07, 6.45) is 12.6. The van der Waals surface area contributed by atoms with Crippen molar-refractivity contribution in [3.8, 4) is 11.9 Å². The second-order valence-electron chi connectivity index (χ2n) is 10.5. The Hall–Kier alpha value is -3.38. The van der Waals surface area contributed by atoms with Crippen LogP contribution < -0.4 is 14.5 Å². The molecule has 0 radical (unpaired) electrons. The van der Waals surface area contributed by atoms with E-state index >= 15 is 0 Å². The normalized spacial score (nSPS) is 22.8. The Kier molecular flexibility index (Phi) is 6.13. The average Bonchev–Trinajstić information content (AvgIpc) is 3.20. The minimum atomic E-state index is -0.513. The number of rotatable bonds is 5. The molecule has 0 aromatic carbocycles. The van der Waals surface area contributed by atoms with Crippen molar-refractivity contribution in [2.24, 2.45) is 0 Å². The van der Waals surface area contributed by atoms with Gasteiger partial charge in [0.15, 0.2) is 0 Å². The molecule has 36 heavy (non-hydrogen) atoms. The molecule has 2 aromatic rings. The van der Waals surface area contributed by atoms with Gasteiger partial charge < -0.3 is 19.3 Å². The van der Waals surface area contributed by atoms with Gasteiger partial charge in [-0.3, -0.25) is 9.88 Å². The van der Waals surface area contributed by atoms with Crippen LogP contribution in [0, 0.1) is 11.3 Å². The number of piperidine rings is 2. The summed E-state index contributed by atoms with van der Waals surface area (Å²) in [5.74, 6) is 0.697. The third-order valence-electron chi connectivity index (χ3n) is 8.25. The summed E-state index contributed by atoms with van der Waals surface area (Å²) in [4.78, 5) is 27.8. The van der Waals surface area contributed by atoms with Gasteiger partial charge in [-0.25, -0.2) is 9.78 Å². The molecule has 1 amide bonds. The smallest absolute Gasteiger partial charge is 0.415 e. The number of likely N-dealkylation sites (tertiary alicyclic amines) is 1. The van der Waals surface area contributed by atoms with Gasteiger partial charge >= 0.3 is 6.09 Å². The fourth-order valence-corrected chi connectivity index (χ4v) is 5.80. The van der Waals surface area contributed by atoms with E-state index in [2.05, 4.69) is 31.9 Å². The van der Waals surface area contributed by atoms with Gasteiger partial charge in [-0.1, -0.05) is 6.42 Å². The van der Waals surface area contributed by atoms with Crippen molar-refractivity contribution in [3.05, 3.63) is 42.4 Å². The van der Waals surface area contributed by atoms with Gasteiger partial charge in [-0.2, -0.15) is 5.26 Å². The molecule has 0 atom stereocenters. The predicted octanol–water partition coefficient (Wildman–Crippen LogP) is 3.74. The van der Waals surface area contributed by atoms with Crippen molar-refractivity contribution in [1.29, 1.82) is 5.26 Å². The van der Waals surface area contributed by atoms with E-state index in [-0.39, 0.29) is 12.2 Å². The van der Waals surface area contributed by atoms with Crippen molar-refractivity contribution >= 4 is 17.5 Å². The summed E-state index contributed by atoms with van der Waals surface area (Å²) in [5, 5.41) is 9.14. The van der Waals surface area contributed by atoms with Crippen LogP contribution in [0.4, 0.5) is 16.2 Å². The Morgan fingerprint density at radius 2 is 1.83 bits per heavy atom. The third kappa shape index (κ3) is 4.58. The number of carbonyl (C=O) groups is 1. The van der Waals surface area contributed by atoms with E-state index in [1.165, 1.54) is 25.5 Å². The number of ether oxygens (including phenoxy) is 2. The molecule has 6 rings (SSSR count). The molecular formula is C27H32N6O3. The predicted molar refractivity (Wildman–Crippen MR) is 134 cm³/mol. The monoisotopic (exact) mass is 488 g/mol. The van der Waals surface area contributed by atoms with E-state index in [0.29, 0.717) is 23.7 Å². The maximum atomic E-state index is 12.6. The van der Waals surface area contributed by atoms with Crippen molar-refractivity contribution < 1.29 is 14.3 Å². The zero-order valence-corrected chi connectivity index (χ0v) is 20.5. The molecule has 4 aliphatic rings. The van der Waals surface area contributed by atoms with E-state index in [9.17, 15) is 4.79 Å². The molecule has 0 unspecified atom stereocenters. The van der Waals surface area contributed by atoms with E-state index in [1.807, 2.05) is 12.3 Å². The minimum absolute atomic E-state index is 0.249. The zero-order chi connectivity index (χ0) is 24.5. The molecule has 5 heterocycles. The molecule has 3 aliphatic heterocycles. The summed E-state index contributed by atoms with van der Waals surface area (Å²) >= 11 is 0. The van der Waals surface area contributed by atoms with E-state index in [0.717, 1.165) is 63.6 Å². The van der Waals surface area contributed by atoms with Crippen LogP contribution in [-0.2, 0) is 4.74 Å². The first-order valence-corrected chi connectivity index (χ1v) is 13.1. The number of anilines is 2. The van der Waals surface area contributed by atoms with Crippen molar-refractivity contribution in [1.82, 2.24) is 14.9 Å². The highest BCUT2D eigenvalue weighted by molar-refractivity contribution is 5.90. The fraction of sp³-hybridized carbons (Fsp3) is 0.556. The molecule has 1 saturated carbocycles. The molecule has 3 saturated heterocycles. The van der Waals surface area contributed by atoms with Gasteiger partial charge in [0.2, 0.25) is 5.88 Å². The molecule has 9 nitrogen and oxygen atoms in total. The molecule has 4 fully saturated rings. The van der Waals surface area contributed by atoms with Crippen LogP contribution >= 0.6 is 0 Å². The van der Waals surface area contributed by atoms with Gasteiger partial charge in [0, 0.05) is 57.3 Å². The van der Waals surface area contributed by atoms with Crippen molar-refractivity contribution in [2.45, 2.75) is 62.7 Å². The molecule has 2 aromatic heterocycles. The quantitative estimate of drug-likeness (QED) is 0.628. The summed E-state index contributed by atoms with van der Waals surface area (Å²) in [7, 11) is 0. The lowest BCUT2D eigenvalue weighted by molar-refractivity contribution is 0.0366. The van der Waals surface area contributed by atoms with Gasteiger partial charge in [0.1, 0.15) is 17.8 Å². The van der Waals surface area contributed by atoms with Gasteiger partial charge in [-0.15, -0.1) is 0 Å². The van der Waals surface area contributed by atoms with Gasteiger partial charge in [-0.05, 0) is 37.8 Å². The zero-order valence-electron chi connectivity index (χ0n) is 20.5. The van der Waals surface area contributed by atoms with Crippen LogP contribution in [-0.4, -0.2) is 71.4 Å². The van der Waals surface area contributed by atoms with Crippen molar-refractivity contribution in [3.63, 3.8) is 0 Å². The molecule has 188 valence electrons. The number of nitrogens with zero attached hydrogens (tertiary/aromatic N) is 6. The van der Waals surface area contributed by atoms with Crippen molar-refractivity contribution in [2.75, 3.05) is 42.5 Å². The maximum Gasteiger partial charge on any atom is 0.415 e. The Bertz CT molecular complexity index is 1130. The summed E-state index contributed by atoms with van der Waals surface area (Å²) in [5.41, 5.74) is 1.58. The van der Waals surface area contributed by atoms with Crippen LogP contribution in [0.3, 0.4) is 0 Å². The number of aromatic nitrogens is 2. The number of nitriles is 1. The largest absolute Gasteiger partial charge is 0.474 e. The standard InChI is InChI=1S/C27H32N6O3/c28-15-20-14-23(17-29-16-20)33-19-27(36-26(33)34)8-12-32(13-9-27)22-4-5-25(30-18-22)35-24-6-10-31(11-7-24)21-2-1-3-21/h4-5,14,16-18,21,24H,1-3,6-13,19H2. The van der Waals surface area contributed by atoms with Crippen LogP contribution in [0.25, 0.3) is 0 Å². The summed E-state index contributed by atoms with van der Waals surface area (Å²) in [6.45, 7) is 4.29. The number of hydrogen-bond acceptors (Lipinski definition) is 8. The molecule has 1 spiro atoms. The van der Waals surface area contributed by atoms with E-state index < -0.39 is 5.60 Å². The highest BCUT2D eigenvalue weighted by Gasteiger charge is 2.47. The molecular weight excluding hydrogens is 456 g/mol. The Morgan fingerprint density at radius 3 is 2.50 bits per heavy atom. The second-order valence-corrected chi connectivity index (χ2v) is 10.5. The van der Waals surface area contributed by atoms with E-state index in [1.54, 1.807) is 17.2 Å². The number of hydrogen-bond donors (Lipinski definition) is 0. The third-order valence-corrected chi connectivity index (χ3v) is 8.25. The highest BCUT2D eigenvalue weighted by atomic mass is 16.6. The topological polar surface area (TPSA) is 94.8 Å². The Labute approximate surface area is 211 Å². The lowest BCUT2D eigenvalue weighted by atomic mass is 9.90. The lowest BCUT2D eigenvalue weighted by Crippen LogP contribution is -2.47. The van der Waals surface area contributed by atoms with Crippen LogP contribution in [0.5, 0.6) is 5.88 Å². The highest BCUT2D eigenvalue weighted by Crippen LogP contribution is 2.37.